The molecule has 12 nitrogen and oxygen atoms in total. The number of carbonyl (C=O) groups excluding carboxylic acids is 6. The Balaban J connectivity index is 2.79. The lowest BCUT2D eigenvalue weighted by Gasteiger charge is -2.10. The van der Waals surface area contributed by atoms with E-state index in [1.807, 2.05) is 0 Å². The topological polar surface area (TPSA) is 171 Å². The molecule has 0 atom stereocenters. The predicted molar refractivity (Wildman–Crippen MR) is 123 cm³/mol. The molecule has 0 radical (unpaired) electrons. The maximum absolute atomic E-state index is 12.1. The molecule has 0 aliphatic carbocycles. The van der Waals surface area contributed by atoms with Crippen LogP contribution in [0.4, 0.5) is 0 Å². The molecule has 36 heavy (non-hydrogen) atoms. The number of aromatic amines is 2. The molecule has 2 aromatic rings. The Morgan fingerprint density at radius 1 is 0.583 bits per heavy atom. The van der Waals surface area contributed by atoms with Gasteiger partial charge in [-0.15, -0.1) is 0 Å². The van der Waals surface area contributed by atoms with Gasteiger partial charge in [0.2, 0.25) is 0 Å². The van der Waals surface area contributed by atoms with Crippen LogP contribution in [-0.4, -0.2) is 74.9 Å². The highest BCUT2D eigenvalue weighted by atomic mass is 16.5. The third kappa shape index (κ3) is 6.46. The summed E-state index contributed by atoms with van der Waals surface area (Å²) in [6, 6.07) is 0. The molecule has 0 amide bonds. The molecule has 2 rings (SSSR count). The SMILES string of the molecule is COC(=O)CCc1c(-c2[nH]c(C=O)c(CC(=O)OC)c2CCC(=O)OC)[nH]c(C=O)c1CC(=O)OC. The van der Waals surface area contributed by atoms with E-state index in [4.69, 9.17) is 18.9 Å². The molecule has 0 saturated heterocycles. The fraction of sp³-hybridized carbons (Fsp3) is 0.417. The summed E-state index contributed by atoms with van der Waals surface area (Å²) in [5.41, 5.74) is 2.29. The lowest BCUT2D eigenvalue weighted by molar-refractivity contribution is -0.141. The first-order chi connectivity index (χ1) is 17.2. The van der Waals surface area contributed by atoms with E-state index in [1.54, 1.807) is 0 Å². The van der Waals surface area contributed by atoms with Crippen molar-refractivity contribution in [3.8, 4) is 11.4 Å². The fourth-order valence-electron chi connectivity index (χ4n) is 3.87. The molecule has 0 saturated carbocycles. The van der Waals surface area contributed by atoms with Crippen molar-refractivity contribution in [3.05, 3.63) is 33.6 Å². The quantitative estimate of drug-likeness (QED) is 0.230. The number of hydrogen-bond donors (Lipinski definition) is 2. The average molecular weight is 504 g/mol. The summed E-state index contributed by atoms with van der Waals surface area (Å²) < 4.78 is 18.9. The van der Waals surface area contributed by atoms with Crippen LogP contribution in [0.5, 0.6) is 0 Å². The second-order valence-corrected chi connectivity index (χ2v) is 7.64. The molecule has 0 aromatic carbocycles. The number of nitrogens with one attached hydrogen (secondary N) is 2. The van der Waals surface area contributed by atoms with E-state index in [1.165, 1.54) is 28.4 Å². The highest BCUT2D eigenvalue weighted by Gasteiger charge is 2.27. The van der Waals surface area contributed by atoms with Crippen LogP contribution in [0.25, 0.3) is 11.4 Å². The van der Waals surface area contributed by atoms with Crippen LogP contribution in [0.2, 0.25) is 0 Å². The van der Waals surface area contributed by atoms with E-state index in [0.29, 0.717) is 46.2 Å². The van der Waals surface area contributed by atoms with Gasteiger partial charge in [0, 0.05) is 12.8 Å². The smallest absolute Gasteiger partial charge is 0.310 e. The van der Waals surface area contributed by atoms with Crippen molar-refractivity contribution in [2.45, 2.75) is 38.5 Å². The summed E-state index contributed by atoms with van der Waals surface area (Å²) >= 11 is 0. The number of carbonyl (C=O) groups is 6. The Kier molecular flexibility index (Phi) is 10.1. The second kappa shape index (κ2) is 13.0. The summed E-state index contributed by atoms with van der Waals surface area (Å²) in [4.78, 5) is 77.6. The summed E-state index contributed by atoms with van der Waals surface area (Å²) in [5, 5.41) is 0. The van der Waals surface area contributed by atoms with Crippen molar-refractivity contribution in [1.82, 2.24) is 9.97 Å². The van der Waals surface area contributed by atoms with Crippen molar-refractivity contribution < 1.29 is 47.7 Å². The maximum atomic E-state index is 12.1. The minimum Gasteiger partial charge on any atom is -0.469 e. The van der Waals surface area contributed by atoms with E-state index in [0.717, 1.165) is 0 Å². The first kappa shape index (κ1) is 28.0. The monoisotopic (exact) mass is 504 g/mol. The van der Waals surface area contributed by atoms with Crippen LogP contribution in [0.15, 0.2) is 0 Å². The molecule has 0 fully saturated rings. The Bertz CT molecular complexity index is 1070. The maximum Gasteiger partial charge on any atom is 0.310 e. The third-order valence-electron chi connectivity index (χ3n) is 5.70. The van der Waals surface area contributed by atoms with Gasteiger partial charge in [-0.05, 0) is 35.1 Å². The number of hydrogen-bond acceptors (Lipinski definition) is 10. The van der Waals surface area contributed by atoms with E-state index < -0.39 is 23.9 Å². The minimum absolute atomic E-state index is 0.0679. The van der Waals surface area contributed by atoms with Gasteiger partial charge in [0.25, 0.3) is 0 Å². The number of rotatable bonds is 13. The molecule has 12 heteroatoms. The second-order valence-electron chi connectivity index (χ2n) is 7.64. The molecule has 0 aliphatic rings. The van der Waals surface area contributed by atoms with E-state index in [9.17, 15) is 28.8 Å². The van der Waals surface area contributed by atoms with Crippen LogP contribution in [0, 0.1) is 0 Å². The van der Waals surface area contributed by atoms with Gasteiger partial charge in [0.1, 0.15) is 0 Å². The zero-order valence-corrected chi connectivity index (χ0v) is 20.5. The zero-order chi connectivity index (χ0) is 26.8. The van der Waals surface area contributed by atoms with Crippen LogP contribution in [0.1, 0.15) is 56.1 Å². The number of methoxy groups -OCH3 is 4. The van der Waals surface area contributed by atoms with Crippen molar-refractivity contribution in [2.24, 2.45) is 0 Å². The molecule has 2 aromatic heterocycles. The number of aldehydes is 2. The third-order valence-corrected chi connectivity index (χ3v) is 5.70. The molecule has 0 aliphatic heterocycles. The Hall–Kier alpha value is -4.22. The van der Waals surface area contributed by atoms with E-state index in [2.05, 4.69) is 9.97 Å². The van der Waals surface area contributed by atoms with Gasteiger partial charge < -0.3 is 28.9 Å². The van der Waals surface area contributed by atoms with Gasteiger partial charge in [-0.3, -0.25) is 28.8 Å². The Morgan fingerprint density at radius 3 is 1.19 bits per heavy atom. The standard InChI is InChI=1S/C24H28N2O10/c1-33-19(29)7-5-13-15(9-21(31)35-3)17(11-27)25-23(13)24-14(6-8-20(30)34-2)16(10-22(32)36-4)18(12-28)26-24/h11-12,25-26H,5-10H2,1-4H3. The van der Waals surface area contributed by atoms with Gasteiger partial charge in [-0.25, -0.2) is 0 Å². The highest BCUT2D eigenvalue weighted by Crippen LogP contribution is 2.35. The average Bonchev–Trinajstić information content (AvgIpc) is 3.41. The zero-order valence-electron chi connectivity index (χ0n) is 20.5. The summed E-state index contributed by atoms with van der Waals surface area (Å²) in [6.45, 7) is 0. The number of esters is 4. The molecular weight excluding hydrogens is 476 g/mol. The van der Waals surface area contributed by atoms with Crippen LogP contribution in [0.3, 0.4) is 0 Å². The van der Waals surface area contributed by atoms with Crippen molar-refractivity contribution in [3.63, 3.8) is 0 Å². The molecule has 0 bridgehead atoms. The fourth-order valence-corrected chi connectivity index (χ4v) is 3.87. The molecule has 2 N–H and O–H groups in total. The summed E-state index contributed by atoms with van der Waals surface area (Å²) in [6.07, 6.45) is 0.556. The van der Waals surface area contributed by atoms with Gasteiger partial charge in [0.15, 0.2) is 12.6 Å². The van der Waals surface area contributed by atoms with Gasteiger partial charge in [-0.1, -0.05) is 0 Å². The largest absolute Gasteiger partial charge is 0.469 e. The summed E-state index contributed by atoms with van der Waals surface area (Å²) in [5.74, 6) is -2.26. The molecule has 2 heterocycles. The van der Waals surface area contributed by atoms with Crippen LogP contribution >= 0.6 is 0 Å². The van der Waals surface area contributed by atoms with Gasteiger partial charge >= 0.3 is 23.9 Å². The van der Waals surface area contributed by atoms with Crippen LogP contribution < -0.4 is 0 Å². The van der Waals surface area contributed by atoms with Crippen molar-refractivity contribution in [2.75, 3.05) is 28.4 Å². The van der Waals surface area contributed by atoms with Crippen molar-refractivity contribution >= 4 is 36.4 Å². The lowest BCUT2D eigenvalue weighted by atomic mass is 9.95. The molecule has 0 unspecified atom stereocenters. The van der Waals surface area contributed by atoms with Gasteiger partial charge in [0.05, 0.1) is 64.1 Å². The first-order valence-corrected chi connectivity index (χ1v) is 10.9. The van der Waals surface area contributed by atoms with Crippen LogP contribution in [-0.2, 0) is 63.8 Å². The number of H-pyrrole nitrogens is 2. The summed E-state index contributed by atoms with van der Waals surface area (Å²) in [7, 11) is 4.88. The minimum atomic E-state index is -0.611. The Labute approximate surface area is 206 Å². The predicted octanol–water partition coefficient (Wildman–Crippen LogP) is 1.28. The van der Waals surface area contributed by atoms with Gasteiger partial charge in [-0.2, -0.15) is 0 Å². The van der Waals surface area contributed by atoms with E-state index >= 15 is 0 Å². The number of ether oxygens (including phenoxy) is 4. The lowest BCUT2D eigenvalue weighted by Crippen LogP contribution is -2.10. The molecule has 0 spiro atoms. The number of aromatic nitrogens is 2. The Morgan fingerprint density at radius 2 is 0.917 bits per heavy atom. The highest BCUT2D eigenvalue weighted by molar-refractivity contribution is 5.88. The molecular formula is C24H28N2O10. The first-order valence-electron chi connectivity index (χ1n) is 10.9. The van der Waals surface area contributed by atoms with E-state index in [-0.39, 0.29) is 49.9 Å². The molecule has 194 valence electrons. The van der Waals surface area contributed by atoms with Crippen molar-refractivity contribution in [1.29, 1.82) is 0 Å². The normalized spacial score (nSPS) is 10.4.